The Hall–Kier alpha value is -2.03. The molecule has 0 N–H and O–H groups in total. The zero-order chi connectivity index (χ0) is 15.6. The molecule has 0 unspecified atom stereocenters. The van der Waals surface area contributed by atoms with Crippen LogP contribution in [0.2, 0.25) is 0 Å². The third-order valence-electron chi connectivity index (χ3n) is 3.43. The number of hydrogen-bond donors (Lipinski definition) is 0. The Morgan fingerprint density at radius 2 is 1.48 bits per heavy atom. The van der Waals surface area contributed by atoms with Crippen LogP contribution in [0.15, 0.2) is 42.5 Å². The van der Waals surface area contributed by atoms with Crippen LogP contribution < -0.4 is 0 Å². The van der Waals surface area contributed by atoms with Gasteiger partial charge in [0.25, 0.3) is 0 Å². The third-order valence-corrected chi connectivity index (χ3v) is 3.43. The Kier molecular flexibility index (Phi) is 4.21. The lowest BCUT2D eigenvalue weighted by Gasteiger charge is -2.19. The maximum atomic E-state index is 13.6. The van der Waals surface area contributed by atoms with Crippen molar-refractivity contribution in [2.75, 3.05) is 0 Å². The van der Waals surface area contributed by atoms with Crippen LogP contribution in [0, 0.1) is 11.6 Å². The molecule has 2 aromatic carbocycles. The molecule has 0 saturated heterocycles. The van der Waals surface area contributed by atoms with Crippen molar-refractivity contribution in [1.82, 2.24) is 0 Å². The van der Waals surface area contributed by atoms with Crippen molar-refractivity contribution in [1.29, 1.82) is 0 Å². The summed E-state index contributed by atoms with van der Waals surface area (Å²) in [4.78, 5) is 12.1. The number of carbonyl (C=O) groups is 1. The first-order valence-electron chi connectivity index (χ1n) is 6.85. The fourth-order valence-electron chi connectivity index (χ4n) is 2.16. The van der Waals surface area contributed by atoms with Crippen LogP contribution in [0.25, 0.3) is 0 Å². The van der Waals surface area contributed by atoms with Crippen LogP contribution in [-0.2, 0) is 11.8 Å². The lowest BCUT2D eigenvalue weighted by atomic mass is 9.86. The molecule has 0 saturated carbocycles. The molecule has 2 aromatic rings. The maximum Gasteiger partial charge on any atom is 0.173 e. The number of rotatable bonds is 3. The summed E-state index contributed by atoms with van der Waals surface area (Å²) in [6.07, 6.45) is -0.0116. The van der Waals surface area contributed by atoms with Crippen LogP contribution in [0.5, 0.6) is 0 Å². The van der Waals surface area contributed by atoms with E-state index in [1.54, 1.807) is 0 Å². The van der Waals surface area contributed by atoms with Gasteiger partial charge in [0.2, 0.25) is 0 Å². The Morgan fingerprint density at radius 1 is 0.952 bits per heavy atom. The Labute approximate surface area is 123 Å². The monoisotopic (exact) mass is 288 g/mol. The molecule has 0 amide bonds. The zero-order valence-electron chi connectivity index (χ0n) is 12.4. The summed E-state index contributed by atoms with van der Waals surface area (Å²) >= 11 is 0. The lowest BCUT2D eigenvalue weighted by Crippen LogP contribution is -2.12. The summed E-state index contributed by atoms with van der Waals surface area (Å²) in [6, 6.07) is 11.0. The highest BCUT2D eigenvalue weighted by Crippen LogP contribution is 2.23. The molecule has 0 bridgehead atoms. The van der Waals surface area contributed by atoms with E-state index in [1.807, 2.05) is 24.3 Å². The smallest absolute Gasteiger partial charge is 0.173 e. The fourth-order valence-corrected chi connectivity index (χ4v) is 2.16. The van der Waals surface area contributed by atoms with Crippen molar-refractivity contribution in [2.45, 2.75) is 32.6 Å². The van der Waals surface area contributed by atoms with Gasteiger partial charge in [-0.3, -0.25) is 4.79 Å². The Morgan fingerprint density at radius 3 is 1.95 bits per heavy atom. The second-order valence-corrected chi connectivity index (χ2v) is 6.14. The van der Waals surface area contributed by atoms with E-state index in [1.165, 1.54) is 6.07 Å². The number of hydrogen-bond acceptors (Lipinski definition) is 1. The number of benzene rings is 2. The van der Waals surface area contributed by atoms with Gasteiger partial charge in [0, 0.05) is 6.42 Å². The van der Waals surface area contributed by atoms with Gasteiger partial charge in [-0.2, -0.15) is 0 Å². The number of carbonyl (C=O) groups excluding carboxylic acids is 1. The summed E-state index contributed by atoms with van der Waals surface area (Å²) in [5.74, 6) is -2.17. The van der Waals surface area contributed by atoms with E-state index in [0.717, 1.165) is 23.3 Å². The van der Waals surface area contributed by atoms with Gasteiger partial charge in [-0.15, -0.1) is 0 Å². The molecule has 0 spiro atoms. The van der Waals surface area contributed by atoms with Gasteiger partial charge in [-0.05, 0) is 28.7 Å². The van der Waals surface area contributed by atoms with Crippen molar-refractivity contribution in [3.8, 4) is 0 Å². The first kappa shape index (κ1) is 15.4. The van der Waals surface area contributed by atoms with E-state index < -0.39 is 23.0 Å². The number of halogens is 2. The average Bonchev–Trinajstić information content (AvgIpc) is 2.38. The molecular formula is C18H18F2O. The zero-order valence-corrected chi connectivity index (χ0v) is 12.4. The quantitative estimate of drug-likeness (QED) is 0.749. The average molecular weight is 288 g/mol. The normalized spacial score (nSPS) is 11.5. The second-order valence-electron chi connectivity index (χ2n) is 6.14. The van der Waals surface area contributed by atoms with Gasteiger partial charge in [-0.1, -0.05) is 51.1 Å². The molecule has 3 heteroatoms. The van der Waals surface area contributed by atoms with E-state index in [9.17, 15) is 13.6 Å². The minimum atomic E-state index is -0.814. The lowest BCUT2D eigenvalue weighted by molar-refractivity contribution is 0.0985. The number of ketones is 1. The topological polar surface area (TPSA) is 17.1 Å². The number of Topliss-reactive ketones (excluding diaryl/α,β-unsaturated/α-hetero) is 1. The molecule has 0 atom stereocenters. The predicted octanol–water partition coefficient (Wildman–Crippen LogP) is 4.69. The van der Waals surface area contributed by atoms with Gasteiger partial charge in [0.1, 0.15) is 11.6 Å². The van der Waals surface area contributed by atoms with Crippen molar-refractivity contribution in [3.63, 3.8) is 0 Å². The predicted molar refractivity (Wildman–Crippen MR) is 79.5 cm³/mol. The molecule has 21 heavy (non-hydrogen) atoms. The van der Waals surface area contributed by atoms with Gasteiger partial charge < -0.3 is 0 Å². The molecule has 110 valence electrons. The van der Waals surface area contributed by atoms with Crippen molar-refractivity contribution < 1.29 is 13.6 Å². The third kappa shape index (κ3) is 3.54. The molecule has 2 rings (SSSR count). The molecule has 0 radical (unpaired) electrons. The first-order valence-corrected chi connectivity index (χ1v) is 6.85. The molecule has 0 fully saturated rings. The minimum Gasteiger partial charge on any atom is -0.294 e. The summed E-state index contributed by atoms with van der Waals surface area (Å²) in [6.45, 7) is 6.30. The molecule has 0 aliphatic heterocycles. The molecule has 0 aliphatic carbocycles. The Balaban J connectivity index is 2.21. The summed E-state index contributed by atoms with van der Waals surface area (Å²) in [7, 11) is 0. The van der Waals surface area contributed by atoms with E-state index in [2.05, 4.69) is 20.8 Å². The first-order chi connectivity index (χ1) is 9.79. The largest absolute Gasteiger partial charge is 0.294 e. The van der Waals surface area contributed by atoms with Crippen LogP contribution in [-0.4, -0.2) is 5.78 Å². The van der Waals surface area contributed by atoms with E-state index in [0.29, 0.717) is 0 Å². The molecular weight excluding hydrogens is 270 g/mol. The van der Waals surface area contributed by atoms with Gasteiger partial charge in [0.15, 0.2) is 5.78 Å². The van der Waals surface area contributed by atoms with Crippen molar-refractivity contribution in [3.05, 3.63) is 70.8 Å². The minimum absolute atomic E-state index is 0.0116. The Bertz CT molecular complexity index is 632. The maximum absolute atomic E-state index is 13.6. The summed E-state index contributed by atoms with van der Waals surface area (Å²) < 4.78 is 27.1. The fraction of sp³-hybridized carbons (Fsp3) is 0.278. The van der Waals surface area contributed by atoms with Gasteiger partial charge >= 0.3 is 0 Å². The van der Waals surface area contributed by atoms with Crippen LogP contribution >= 0.6 is 0 Å². The highest BCUT2D eigenvalue weighted by atomic mass is 19.1. The van der Waals surface area contributed by atoms with E-state index >= 15 is 0 Å². The SMILES string of the molecule is CC(C)(C)c1ccc(CC(=O)c2c(F)cccc2F)cc1. The van der Waals surface area contributed by atoms with Crippen LogP contribution in [0.3, 0.4) is 0 Å². The summed E-state index contributed by atoms with van der Waals surface area (Å²) in [5.41, 5.74) is 1.46. The molecule has 0 aromatic heterocycles. The van der Waals surface area contributed by atoms with Gasteiger partial charge in [-0.25, -0.2) is 8.78 Å². The van der Waals surface area contributed by atoms with Crippen molar-refractivity contribution in [2.24, 2.45) is 0 Å². The molecule has 1 nitrogen and oxygen atoms in total. The highest BCUT2D eigenvalue weighted by molar-refractivity contribution is 5.98. The molecule has 0 heterocycles. The van der Waals surface area contributed by atoms with Crippen LogP contribution in [0.4, 0.5) is 8.78 Å². The van der Waals surface area contributed by atoms with E-state index in [-0.39, 0.29) is 11.8 Å². The van der Waals surface area contributed by atoms with Gasteiger partial charge in [0.05, 0.1) is 5.56 Å². The highest BCUT2D eigenvalue weighted by Gasteiger charge is 2.18. The van der Waals surface area contributed by atoms with Crippen LogP contribution in [0.1, 0.15) is 42.3 Å². The standard InChI is InChI=1S/C18H18F2O/c1-18(2,3)13-9-7-12(8-10-13)11-16(21)17-14(19)5-4-6-15(17)20/h4-10H,11H2,1-3H3. The second kappa shape index (κ2) is 5.76. The van der Waals surface area contributed by atoms with Crippen molar-refractivity contribution >= 4 is 5.78 Å². The summed E-state index contributed by atoms with van der Waals surface area (Å²) in [5, 5.41) is 0. The van der Waals surface area contributed by atoms with E-state index in [4.69, 9.17) is 0 Å². The molecule has 0 aliphatic rings.